The quantitative estimate of drug-likeness (QED) is 0.777. The molecule has 0 aliphatic rings. The number of hydrogen-bond donors (Lipinski definition) is 0. The molecule has 1 heterocycles. The van der Waals surface area contributed by atoms with Crippen LogP contribution < -0.4 is 0 Å². The van der Waals surface area contributed by atoms with Gasteiger partial charge >= 0.3 is 0 Å². The molecule has 1 aromatic carbocycles. The fourth-order valence-electron chi connectivity index (χ4n) is 2.00. The van der Waals surface area contributed by atoms with Crippen molar-refractivity contribution in [3.8, 4) is 0 Å². The van der Waals surface area contributed by atoms with Crippen LogP contribution in [0.2, 0.25) is 0 Å². The first-order chi connectivity index (χ1) is 7.79. The second-order valence-electron chi connectivity index (χ2n) is 4.29. The van der Waals surface area contributed by atoms with Gasteiger partial charge in [0.15, 0.2) is 0 Å². The second-order valence-corrected chi connectivity index (χ2v) is 4.29. The summed E-state index contributed by atoms with van der Waals surface area (Å²) in [4.78, 5) is 6.47. The number of hydrogen-bond acceptors (Lipinski definition) is 2. The van der Waals surface area contributed by atoms with E-state index >= 15 is 0 Å². The number of pyridine rings is 1. The summed E-state index contributed by atoms with van der Waals surface area (Å²) < 4.78 is 0. The van der Waals surface area contributed by atoms with Gasteiger partial charge in [0.05, 0.1) is 0 Å². The zero-order chi connectivity index (χ0) is 11.4. The van der Waals surface area contributed by atoms with Gasteiger partial charge in [-0.2, -0.15) is 0 Å². The smallest absolute Gasteiger partial charge is 0.0346 e. The summed E-state index contributed by atoms with van der Waals surface area (Å²) in [6.07, 6.45) is 4.96. The Morgan fingerprint density at radius 1 is 1.19 bits per heavy atom. The van der Waals surface area contributed by atoms with E-state index in [1.165, 1.54) is 22.8 Å². The highest BCUT2D eigenvalue weighted by atomic mass is 15.1. The lowest BCUT2D eigenvalue weighted by Crippen LogP contribution is -2.18. The SMILES string of the molecule is CCCN(C)Cc1ccc2cnccc2c1. The molecule has 0 amide bonds. The molecule has 16 heavy (non-hydrogen) atoms. The topological polar surface area (TPSA) is 16.1 Å². The van der Waals surface area contributed by atoms with E-state index in [2.05, 4.69) is 48.1 Å². The molecular weight excluding hydrogens is 196 g/mol. The molecule has 0 atom stereocenters. The summed E-state index contributed by atoms with van der Waals surface area (Å²) in [5, 5.41) is 2.49. The maximum Gasteiger partial charge on any atom is 0.0346 e. The number of aromatic nitrogens is 1. The minimum atomic E-state index is 1.02. The Balaban J connectivity index is 2.19. The Labute approximate surface area is 96.9 Å². The van der Waals surface area contributed by atoms with Gasteiger partial charge < -0.3 is 4.90 Å². The molecule has 0 aliphatic heterocycles. The minimum Gasteiger partial charge on any atom is -0.302 e. The normalized spacial score (nSPS) is 11.2. The zero-order valence-corrected chi connectivity index (χ0v) is 9.98. The molecule has 2 aromatic rings. The van der Waals surface area contributed by atoms with Crippen molar-refractivity contribution in [1.29, 1.82) is 0 Å². The predicted molar refractivity (Wildman–Crippen MR) is 68.4 cm³/mol. The molecule has 0 fully saturated rings. The van der Waals surface area contributed by atoms with Crippen molar-refractivity contribution >= 4 is 10.8 Å². The van der Waals surface area contributed by atoms with E-state index < -0.39 is 0 Å². The minimum absolute atomic E-state index is 1.02. The molecule has 0 unspecified atom stereocenters. The first-order valence-electron chi connectivity index (χ1n) is 5.81. The largest absolute Gasteiger partial charge is 0.302 e. The van der Waals surface area contributed by atoms with Gasteiger partial charge in [0.1, 0.15) is 0 Å². The third kappa shape index (κ3) is 2.58. The lowest BCUT2D eigenvalue weighted by molar-refractivity contribution is 0.327. The molecular formula is C14H18N2. The Morgan fingerprint density at radius 2 is 2.06 bits per heavy atom. The third-order valence-electron chi connectivity index (χ3n) is 2.76. The molecule has 0 aliphatic carbocycles. The number of rotatable bonds is 4. The van der Waals surface area contributed by atoms with Crippen LogP contribution in [0.3, 0.4) is 0 Å². The molecule has 2 rings (SSSR count). The molecule has 0 radical (unpaired) electrons. The molecule has 0 N–H and O–H groups in total. The van der Waals surface area contributed by atoms with Crippen molar-refractivity contribution in [3.05, 3.63) is 42.2 Å². The van der Waals surface area contributed by atoms with E-state index in [0.717, 1.165) is 13.1 Å². The molecule has 1 aromatic heterocycles. The molecule has 0 spiro atoms. The van der Waals surface area contributed by atoms with Crippen LogP contribution >= 0.6 is 0 Å². The molecule has 2 heteroatoms. The maximum absolute atomic E-state index is 4.12. The summed E-state index contributed by atoms with van der Waals surface area (Å²) >= 11 is 0. The van der Waals surface area contributed by atoms with E-state index in [9.17, 15) is 0 Å². The van der Waals surface area contributed by atoms with Crippen LogP contribution in [0, 0.1) is 0 Å². The first-order valence-corrected chi connectivity index (χ1v) is 5.81. The lowest BCUT2D eigenvalue weighted by atomic mass is 10.1. The summed E-state index contributed by atoms with van der Waals surface area (Å²) in [6.45, 7) is 4.38. The first kappa shape index (κ1) is 11.1. The molecule has 0 saturated heterocycles. The van der Waals surface area contributed by atoms with E-state index in [1.54, 1.807) is 0 Å². The average Bonchev–Trinajstić information content (AvgIpc) is 2.29. The maximum atomic E-state index is 4.12. The highest BCUT2D eigenvalue weighted by molar-refractivity contribution is 5.81. The fourth-order valence-corrected chi connectivity index (χ4v) is 2.00. The van der Waals surface area contributed by atoms with Crippen LogP contribution in [0.5, 0.6) is 0 Å². The standard InChI is InChI=1S/C14H18N2/c1-3-8-16(2)11-12-4-5-14-10-15-7-6-13(14)9-12/h4-7,9-10H,3,8,11H2,1-2H3. The van der Waals surface area contributed by atoms with Gasteiger partial charge in [-0.3, -0.25) is 4.98 Å². The van der Waals surface area contributed by atoms with Crippen molar-refractivity contribution in [1.82, 2.24) is 9.88 Å². The number of benzene rings is 1. The van der Waals surface area contributed by atoms with Crippen LogP contribution in [0.4, 0.5) is 0 Å². The van der Waals surface area contributed by atoms with Gasteiger partial charge in [-0.05, 0) is 43.1 Å². The number of fused-ring (bicyclic) bond motifs is 1. The predicted octanol–water partition coefficient (Wildman–Crippen LogP) is 3.08. The molecule has 84 valence electrons. The average molecular weight is 214 g/mol. The van der Waals surface area contributed by atoms with Gasteiger partial charge in [0, 0.05) is 24.3 Å². The van der Waals surface area contributed by atoms with Gasteiger partial charge in [0.25, 0.3) is 0 Å². The second kappa shape index (κ2) is 5.08. The summed E-state index contributed by atoms with van der Waals surface area (Å²) in [5.74, 6) is 0. The van der Waals surface area contributed by atoms with Crippen LogP contribution in [-0.4, -0.2) is 23.5 Å². The molecule has 2 nitrogen and oxygen atoms in total. The number of nitrogens with zero attached hydrogens (tertiary/aromatic N) is 2. The van der Waals surface area contributed by atoms with Gasteiger partial charge in [-0.25, -0.2) is 0 Å². The zero-order valence-electron chi connectivity index (χ0n) is 9.98. The Morgan fingerprint density at radius 3 is 2.88 bits per heavy atom. The summed E-state index contributed by atoms with van der Waals surface area (Å²) in [5.41, 5.74) is 1.37. The van der Waals surface area contributed by atoms with E-state index in [1.807, 2.05) is 12.4 Å². The van der Waals surface area contributed by atoms with Gasteiger partial charge in [-0.1, -0.05) is 19.1 Å². The van der Waals surface area contributed by atoms with Crippen LogP contribution in [-0.2, 0) is 6.54 Å². The Bertz CT molecular complexity index is 465. The van der Waals surface area contributed by atoms with Crippen LogP contribution in [0.15, 0.2) is 36.7 Å². The Kier molecular flexibility index (Phi) is 3.52. The molecule has 0 saturated carbocycles. The van der Waals surface area contributed by atoms with E-state index in [0.29, 0.717) is 0 Å². The van der Waals surface area contributed by atoms with Crippen molar-refractivity contribution < 1.29 is 0 Å². The highest BCUT2D eigenvalue weighted by Gasteiger charge is 2.00. The van der Waals surface area contributed by atoms with Crippen LogP contribution in [0.1, 0.15) is 18.9 Å². The monoisotopic (exact) mass is 214 g/mol. The summed E-state index contributed by atoms with van der Waals surface area (Å²) in [7, 11) is 2.17. The van der Waals surface area contributed by atoms with E-state index in [-0.39, 0.29) is 0 Å². The van der Waals surface area contributed by atoms with Crippen molar-refractivity contribution in [3.63, 3.8) is 0 Å². The van der Waals surface area contributed by atoms with E-state index in [4.69, 9.17) is 0 Å². The van der Waals surface area contributed by atoms with Gasteiger partial charge in [-0.15, -0.1) is 0 Å². The highest BCUT2D eigenvalue weighted by Crippen LogP contribution is 2.15. The van der Waals surface area contributed by atoms with Crippen molar-refractivity contribution in [2.75, 3.05) is 13.6 Å². The van der Waals surface area contributed by atoms with Gasteiger partial charge in [0.2, 0.25) is 0 Å². The third-order valence-corrected chi connectivity index (χ3v) is 2.76. The lowest BCUT2D eigenvalue weighted by Gasteiger charge is -2.15. The Hall–Kier alpha value is -1.41. The fraction of sp³-hybridized carbons (Fsp3) is 0.357. The van der Waals surface area contributed by atoms with Crippen molar-refractivity contribution in [2.45, 2.75) is 19.9 Å². The summed E-state index contributed by atoms with van der Waals surface area (Å²) in [6, 6.07) is 8.66. The molecule has 0 bridgehead atoms. The van der Waals surface area contributed by atoms with Crippen LogP contribution in [0.25, 0.3) is 10.8 Å². The van der Waals surface area contributed by atoms with Crippen molar-refractivity contribution in [2.24, 2.45) is 0 Å².